The predicted octanol–water partition coefficient (Wildman–Crippen LogP) is 9.71. The number of likely N-dealkylation sites (N-methyl/N-ethyl adjacent to an activating group) is 1. The Bertz CT molecular complexity index is 640. The Hall–Kier alpha value is -0.580. The predicted molar refractivity (Wildman–Crippen MR) is 200 cm³/mol. The Morgan fingerprint density at radius 1 is 0.543 bits per heavy atom. The molecule has 0 amide bonds. The van der Waals surface area contributed by atoms with E-state index in [-0.39, 0.29) is 23.0 Å². The number of amidine groups is 1. The average Bonchev–Trinajstić information content (AvgIpc) is 3.45. The second kappa shape index (κ2) is 40.6. The van der Waals surface area contributed by atoms with E-state index in [1.807, 2.05) is 6.92 Å². The maximum Gasteiger partial charge on any atom is 0.305 e. The van der Waals surface area contributed by atoms with Gasteiger partial charge in [0.1, 0.15) is 13.1 Å². The van der Waals surface area contributed by atoms with Crippen LogP contribution >= 0.6 is 0 Å². The number of carbonyl (C=O) groups is 1. The second-order valence-electron chi connectivity index (χ2n) is 14.0. The molecule has 0 aromatic heterocycles. The van der Waals surface area contributed by atoms with E-state index in [0.29, 0.717) is 13.0 Å². The van der Waals surface area contributed by atoms with Gasteiger partial charge in [-0.3, -0.25) is 14.7 Å². The van der Waals surface area contributed by atoms with Crippen molar-refractivity contribution < 1.29 is 31.1 Å². The molecule has 1 heterocycles. The van der Waals surface area contributed by atoms with Crippen LogP contribution in [0.4, 0.5) is 0 Å². The zero-order valence-corrected chi connectivity index (χ0v) is 33.5. The summed E-state index contributed by atoms with van der Waals surface area (Å²) in [6.07, 6.45) is 43.9. The molecule has 0 fully saturated rings. The van der Waals surface area contributed by atoms with E-state index < -0.39 is 0 Å². The number of esters is 1. The van der Waals surface area contributed by atoms with E-state index >= 15 is 0 Å². The first kappa shape index (κ1) is 47.5. The summed E-state index contributed by atoms with van der Waals surface area (Å²) in [5.41, 5.74) is 0. The van der Waals surface area contributed by atoms with Gasteiger partial charge < -0.3 is 21.7 Å². The molecule has 0 atom stereocenters. The molecule has 0 aromatic carbocycles. The number of rotatable bonds is 33. The molecule has 1 rings (SSSR count). The zero-order valence-electron chi connectivity index (χ0n) is 31.9. The van der Waals surface area contributed by atoms with Gasteiger partial charge in [0, 0.05) is 12.8 Å². The van der Waals surface area contributed by atoms with E-state index in [1.165, 1.54) is 205 Å². The van der Waals surface area contributed by atoms with Gasteiger partial charge in [0.25, 0.3) is 0 Å². The fourth-order valence-corrected chi connectivity index (χ4v) is 6.45. The lowest BCUT2D eigenvalue weighted by molar-refractivity contribution is -0.487. The molecular weight excluding hydrogens is 632 g/mol. The van der Waals surface area contributed by atoms with Crippen molar-refractivity contribution in [3.05, 3.63) is 0 Å². The quantitative estimate of drug-likeness (QED) is 0.0418. The van der Waals surface area contributed by atoms with Crippen molar-refractivity contribution in [1.29, 1.82) is 0 Å². The number of ether oxygens (including phenoxy) is 1. The molecular formula is C41H83BrN2O2. The van der Waals surface area contributed by atoms with Gasteiger partial charge >= 0.3 is 5.97 Å². The van der Waals surface area contributed by atoms with Crippen LogP contribution in [-0.2, 0) is 9.53 Å². The van der Waals surface area contributed by atoms with Gasteiger partial charge in [0.15, 0.2) is 0 Å². The number of halogens is 1. The summed E-state index contributed by atoms with van der Waals surface area (Å²) in [7, 11) is 2.21. The minimum Gasteiger partial charge on any atom is -1.00 e. The third-order valence-corrected chi connectivity index (χ3v) is 9.54. The fourth-order valence-electron chi connectivity index (χ4n) is 6.45. The standard InChI is InChI=1S/C21H42N2.C20H40O2.BrH/c1-3-4-5-6-7-8-9-10-11-12-13-14-15-16-17-18-21-22-19-20-23(21)2;1-3-5-6-7-8-9-10-11-12-13-14-15-16-17-18-19-20(21)22-4-2;/h3-20H2,1-2H3;3-19H2,1-2H3;1H. The first-order valence-corrected chi connectivity index (χ1v) is 20.6. The lowest BCUT2D eigenvalue weighted by Gasteiger charge is -2.03. The Morgan fingerprint density at radius 3 is 1.17 bits per heavy atom. The molecule has 4 nitrogen and oxygen atoms in total. The number of nitrogens with zero attached hydrogens (tertiary/aromatic N) is 1. The molecule has 0 saturated carbocycles. The smallest absolute Gasteiger partial charge is 0.305 e. The van der Waals surface area contributed by atoms with Crippen LogP contribution in [0.2, 0.25) is 0 Å². The first-order valence-electron chi connectivity index (χ1n) is 20.6. The number of hydrogen-bond acceptors (Lipinski definition) is 3. The van der Waals surface area contributed by atoms with Crippen molar-refractivity contribution in [2.75, 3.05) is 26.7 Å². The average molecular weight is 716 g/mol. The Balaban J connectivity index is 0. The topological polar surface area (TPSA) is 41.3 Å². The maximum absolute atomic E-state index is 11.2. The minimum atomic E-state index is -0.0304. The molecule has 0 radical (unpaired) electrons. The molecule has 1 aliphatic heterocycles. The molecule has 1 N–H and O–H groups in total. The highest BCUT2D eigenvalue weighted by atomic mass is 79.9. The lowest BCUT2D eigenvalue weighted by atomic mass is 10.0. The molecule has 0 spiro atoms. The molecule has 1 aliphatic rings. The van der Waals surface area contributed by atoms with Gasteiger partial charge in [-0.05, 0) is 19.8 Å². The van der Waals surface area contributed by atoms with Gasteiger partial charge in [-0.1, -0.05) is 194 Å². The molecule has 0 aliphatic carbocycles. The SMILES string of the molecule is CCCCCCCCCCCCCCCCCC(=O)OCC.CCCCCCCCCCCCCCCCCC1=[N+](C)CCN1.[Br-]. The Morgan fingerprint density at radius 2 is 0.870 bits per heavy atom. The molecule has 0 saturated heterocycles. The van der Waals surface area contributed by atoms with E-state index in [9.17, 15) is 4.79 Å². The normalized spacial score (nSPS) is 12.4. The van der Waals surface area contributed by atoms with Crippen molar-refractivity contribution in [3.63, 3.8) is 0 Å². The molecule has 276 valence electrons. The molecule has 0 bridgehead atoms. The van der Waals surface area contributed by atoms with Gasteiger partial charge in [-0.15, -0.1) is 0 Å². The van der Waals surface area contributed by atoms with E-state index in [4.69, 9.17) is 4.74 Å². The van der Waals surface area contributed by atoms with Crippen molar-refractivity contribution >= 4 is 11.8 Å². The molecule has 0 unspecified atom stereocenters. The van der Waals surface area contributed by atoms with Gasteiger partial charge in [-0.2, -0.15) is 0 Å². The van der Waals surface area contributed by atoms with Crippen molar-refractivity contribution in [2.45, 2.75) is 226 Å². The third kappa shape index (κ3) is 36.3. The monoisotopic (exact) mass is 715 g/mol. The second-order valence-corrected chi connectivity index (χ2v) is 14.0. The Labute approximate surface area is 300 Å². The van der Waals surface area contributed by atoms with Crippen molar-refractivity contribution in [2.24, 2.45) is 0 Å². The highest BCUT2D eigenvalue weighted by Crippen LogP contribution is 2.15. The van der Waals surface area contributed by atoms with Crippen molar-refractivity contribution in [1.82, 2.24) is 5.32 Å². The number of hydrogen-bond donors (Lipinski definition) is 1. The number of nitrogens with one attached hydrogen (secondary N) is 1. The van der Waals surface area contributed by atoms with Crippen LogP contribution in [0.1, 0.15) is 226 Å². The summed E-state index contributed by atoms with van der Waals surface area (Å²) in [4.78, 5) is 11.2. The van der Waals surface area contributed by atoms with Crippen molar-refractivity contribution in [3.8, 4) is 0 Å². The highest BCUT2D eigenvalue weighted by Gasteiger charge is 2.16. The van der Waals surface area contributed by atoms with Crippen LogP contribution in [-0.4, -0.2) is 43.1 Å². The van der Waals surface area contributed by atoms with Crippen LogP contribution < -0.4 is 22.3 Å². The first-order chi connectivity index (χ1) is 22.2. The van der Waals surface area contributed by atoms with E-state index in [2.05, 4.69) is 30.8 Å². The van der Waals surface area contributed by atoms with Crippen LogP contribution in [0.25, 0.3) is 0 Å². The van der Waals surface area contributed by atoms with Crippen LogP contribution in [0, 0.1) is 0 Å². The summed E-state index contributed by atoms with van der Waals surface area (Å²) < 4.78 is 7.30. The Kier molecular flexibility index (Phi) is 41.9. The zero-order chi connectivity index (χ0) is 32.9. The summed E-state index contributed by atoms with van der Waals surface area (Å²) in [6.45, 7) is 9.28. The van der Waals surface area contributed by atoms with E-state index in [0.717, 1.165) is 13.0 Å². The maximum atomic E-state index is 11.2. The third-order valence-electron chi connectivity index (χ3n) is 9.54. The minimum absolute atomic E-state index is 0. The summed E-state index contributed by atoms with van der Waals surface area (Å²) in [5.74, 6) is 1.44. The largest absolute Gasteiger partial charge is 1.00 e. The van der Waals surface area contributed by atoms with Crippen LogP contribution in [0.3, 0.4) is 0 Å². The summed E-state index contributed by atoms with van der Waals surface area (Å²) >= 11 is 0. The summed E-state index contributed by atoms with van der Waals surface area (Å²) in [5, 5.41) is 3.50. The highest BCUT2D eigenvalue weighted by molar-refractivity contribution is 5.78. The number of carbonyl (C=O) groups excluding carboxylic acids is 1. The fraction of sp³-hybridized carbons (Fsp3) is 0.951. The molecule has 46 heavy (non-hydrogen) atoms. The van der Waals surface area contributed by atoms with Gasteiger partial charge in [0.2, 0.25) is 5.84 Å². The molecule has 0 aromatic rings. The van der Waals surface area contributed by atoms with Crippen LogP contribution in [0.15, 0.2) is 0 Å². The van der Waals surface area contributed by atoms with Gasteiger partial charge in [-0.25, -0.2) is 0 Å². The molecule has 5 heteroatoms. The van der Waals surface area contributed by atoms with Gasteiger partial charge in [0.05, 0.1) is 13.7 Å². The number of unbranched alkanes of at least 4 members (excludes halogenated alkanes) is 28. The van der Waals surface area contributed by atoms with E-state index in [1.54, 1.807) is 0 Å². The van der Waals surface area contributed by atoms with Crippen LogP contribution in [0.5, 0.6) is 0 Å². The summed E-state index contributed by atoms with van der Waals surface area (Å²) in [6, 6.07) is 0. The lowest BCUT2D eigenvalue weighted by Crippen LogP contribution is -3.00.